The molecule has 1 aromatic carbocycles. The van der Waals surface area contributed by atoms with Crippen LogP contribution >= 0.6 is 0 Å². The lowest BCUT2D eigenvalue weighted by Crippen LogP contribution is -2.27. The van der Waals surface area contributed by atoms with Crippen molar-refractivity contribution in [3.8, 4) is 5.75 Å². The molecule has 1 saturated heterocycles. The van der Waals surface area contributed by atoms with Crippen molar-refractivity contribution in [2.75, 3.05) is 13.2 Å². The zero-order valence-electron chi connectivity index (χ0n) is 17.4. The molecule has 0 saturated carbocycles. The lowest BCUT2D eigenvalue weighted by atomic mass is 10.1. The van der Waals surface area contributed by atoms with Crippen LogP contribution in [-0.4, -0.2) is 35.2 Å². The van der Waals surface area contributed by atoms with Gasteiger partial charge in [0.15, 0.2) is 5.65 Å². The van der Waals surface area contributed by atoms with Crippen molar-refractivity contribution in [2.45, 2.75) is 38.6 Å². The SMILES string of the molecule is Cc1nc2ncccc2cc1C(=O)NCc1ccc(OC2CCOCC2)c(C(F)(F)F)c1. The van der Waals surface area contributed by atoms with E-state index >= 15 is 0 Å². The highest BCUT2D eigenvalue weighted by Gasteiger charge is 2.35. The second kappa shape index (κ2) is 9.12. The molecule has 0 aliphatic carbocycles. The van der Waals surface area contributed by atoms with Crippen molar-refractivity contribution in [1.82, 2.24) is 15.3 Å². The highest BCUT2D eigenvalue weighted by molar-refractivity contribution is 5.98. The second-order valence-electron chi connectivity index (χ2n) is 7.61. The van der Waals surface area contributed by atoms with Gasteiger partial charge < -0.3 is 14.8 Å². The summed E-state index contributed by atoms with van der Waals surface area (Å²) in [6.45, 7) is 2.56. The van der Waals surface area contributed by atoms with Crippen LogP contribution in [0.15, 0.2) is 42.6 Å². The minimum Gasteiger partial charge on any atom is -0.490 e. The quantitative estimate of drug-likeness (QED) is 0.629. The predicted octanol–water partition coefficient (Wildman–Crippen LogP) is 4.44. The number of aromatic nitrogens is 2. The van der Waals surface area contributed by atoms with Gasteiger partial charge in [0.1, 0.15) is 11.9 Å². The van der Waals surface area contributed by atoms with Crippen LogP contribution in [0.5, 0.6) is 5.75 Å². The molecule has 3 heterocycles. The molecule has 6 nitrogen and oxygen atoms in total. The zero-order chi connectivity index (χ0) is 22.7. The number of halogens is 3. The summed E-state index contributed by atoms with van der Waals surface area (Å²) in [6, 6.07) is 9.06. The lowest BCUT2D eigenvalue weighted by molar-refractivity contribution is -0.139. The van der Waals surface area contributed by atoms with Gasteiger partial charge in [0.2, 0.25) is 0 Å². The number of rotatable bonds is 5. The van der Waals surface area contributed by atoms with E-state index in [1.165, 1.54) is 12.1 Å². The Morgan fingerprint density at radius 1 is 1.22 bits per heavy atom. The van der Waals surface area contributed by atoms with Crippen LogP contribution in [0.3, 0.4) is 0 Å². The number of nitrogens with one attached hydrogen (secondary N) is 1. The van der Waals surface area contributed by atoms with E-state index in [1.54, 1.807) is 31.3 Å². The van der Waals surface area contributed by atoms with E-state index in [1.807, 2.05) is 0 Å². The standard InChI is InChI=1S/C23H22F3N3O3/c1-14-18(12-16-3-2-8-27-21(16)29-14)22(30)28-13-15-4-5-20(19(11-15)23(24,25)26)32-17-6-9-31-10-7-17/h2-5,8,11-12,17H,6-7,9-10,13H2,1H3,(H,28,30). The third-order valence-electron chi connectivity index (χ3n) is 5.29. The molecular weight excluding hydrogens is 423 g/mol. The summed E-state index contributed by atoms with van der Waals surface area (Å²) in [5.41, 5.74) is 0.825. The van der Waals surface area contributed by atoms with E-state index in [0.29, 0.717) is 53.9 Å². The Morgan fingerprint density at radius 2 is 2.00 bits per heavy atom. The van der Waals surface area contributed by atoms with Crippen molar-refractivity contribution in [1.29, 1.82) is 0 Å². The first-order valence-electron chi connectivity index (χ1n) is 10.3. The Bertz CT molecular complexity index is 1130. The topological polar surface area (TPSA) is 73.3 Å². The van der Waals surface area contributed by atoms with E-state index in [9.17, 15) is 18.0 Å². The molecular formula is C23H22F3N3O3. The molecule has 4 rings (SSSR count). The normalized spacial score (nSPS) is 15.0. The number of benzene rings is 1. The Labute approximate surface area is 182 Å². The Morgan fingerprint density at radius 3 is 2.75 bits per heavy atom. The number of amides is 1. The summed E-state index contributed by atoms with van der Waals surface area (Å²) in [5, 5.41) is 3.38. The van der Waals surface area contributed by atoms with Crippen LogP contribution in [0.2, 0.25) is 0 Å². The van der Waals surface area contributed by atoms with Crippen LogP contribution in [0.1, 0.15) is 40.0 Å². The summed E-state index contributed by atoms with van der Waals surface area (Å²) in [5.74, 6) is -0.626. The summed E-state index contributed by atoms with van der Waals surface area (Å²) >= 11 is 0. The van der Waals surface area contributed by atoms with Crippen LogP contribution in [0.4, 0.5) is 13.2 Å². The van der Waals surface area contributed by atoms with E-state index in [-0.39, 0.29) is 18.4 Å². The van der Waals surface area contributed by atoms with Crippen LogP contribution in [0.25, 0.3) is 11.0 Å². The molecule has 0 spiro atoms. The van der Waals surface area contributed by atoms with Crippen molar-refractivity contribution < 1.29 is 27.4 Å². The molecule has 0 radical (unpaired) electrons. The third-order valence-corrected chi connectivity index (χ3v) is 5.29. The van der Waals surface area contributed by atoms with Gasteiger partial charge in [-0.25, -0.2) is 9.97 Å². The maximum Gasteiger partial charge on any atom is 0.419 e. The summed E-state index contributed by atoms with van der Waals surface area (Å²) in [4.78, 5) is 21.1. The molecule has 32 heavy (non-hydrogen) atoms. The molecule has 2 aromatic heterocycles. The van der Waals surface area contributed by atoms with Crippen molar-refractivity contribution in [3.05, 3.63) is 65.0 Å². The van der Waals surface area contributed by atoms with Gasteiger partial charge in [0, 0.05) is 31.0 Å². The van der Waals surface area contributed by atoms with Crippen LogP contribution in [0, 0.1) is 6.92 Å². The molecule has 1 aliphatic heterocycles. The van der Waals surface area contributed by atoms with E-state index in [2.05, 4.69) is 15.3 Å². The van der Waals surface area contributed by atoms with Gasteiger partial charge in [-0.15, -0.1) is 0 Å². The van der Waals surface area contributed by atoms with Gasteiger partial charge in [-0.3, -0.25) is 4.79 Å². The highest BCUT2D eigenvalue weighted by atomic mass is 19.4. The third kappa shape index (κ3) is 4.99. The van der Waals surface area contributed by atoms with Crippen molar-refractivity contribution in [3.63, 3.8) is 0 Å². The van der Waals surface area contributed by atoms with Crippen LogP contribution in [-0.2, 0) is 17.5 Å². The molecule has 0 unspecified atom stereocenters. The number of ether oxygens (including phenoxy) is 2. The Kier molecular flexibility index (Phi) is 6.27. The largest absolute Gasteiger partial charge is 0.490 e. The first kappa shape index (κ1) is 22.0. The van der Waals surface area contributed by atoms with Gasteiger partial charge in [0.05, 0.1) is 30.0 Å². The Hall–Kier alpha value is -3.20. The second-order valence-corrected chi connectivity index (χ2v) is 7.61. The Balaban J connectivity index is 1.50. The molecule has 0 bridgehead atoms. The number of fused-ring (bicyclic) bond motifs is 1. The van der Waals surface area contributed by atoms with E-state index in [0.717, 1.165) is 6.07 Å². The number of pyridine rings is 2. The number of hydrogen-bond donors (Lipinski definition) is 1. The van der Waals surface area contributed by atoms with Gasteiger partial charge in [-0.1, -0.05) is 6.07 Å². The average molecular weight is 445 g/mol. The molecule has 1 N–H and O–H groups in total. The maximum atomic E-state index is 13.6. The number of alkyl halides is 3. The summed E-state index contributed by atoms with van der Waals surface area (Å²) in [6.07, 6.45) is -2.18. The average Bonchev–Trinajstić information content (AvgIpc) is 2.77. The lowest BCUT2D eigenvalue weighted by Gasteiger charge is -2.25. The van der Waals surface area contributed by atoms with Crippen LogP contribution < -0.4 is 10.1 Å². The minimum atomic E-state index is -4.58. The fraction of sp³-hybridized carbons (Fsp3) is 0.348. The predicted molar refractivity (Wildman–Crippen MR) is 111 cm³/mol. The molecule has 168 valence electrons. The highest BCUT2D eigenvalue weighted by Crippen LogP contribution is 2.38. The smallest absolute Gasteiger partial charge is 0.419 e. The molecule has 3 aromatic rings. The van der Waals surface area contributed by atoms with Gasteiger partial charge in [-0.2, -0.15) is 13.2 Å². The number of aryl methyl sites for hydroxylation is 1. The first-order valence-corrected chi connectivity index (χ1v) is 10.3. The van der Waals surface area contributed by atoms with E-state index < -0.39 is 17.6 Å². The zero-order valence-corrected chi connectivity index (χ0v) is 17.4. The monoisotopic (exact) mass is 445 g/mol. The fourth-order valence-electron chi connectivity index (χ4n) is 3.59. The fourth-order valence-corrected chi connectivity index (χ4v) is 3.59. The summed E-state index contributed by atoms with van der Waals surface area (Å²) < 4.78 is 51.8. The molecule has 1 fully saturated rings. The first-order chi connectivity index (χ1) is 15.3. The van der Waals surface area contributed by atoms with Gasteiger partial charge in [-0.05, 0) is 42.8 Å². The van der Waals surface area contributed by atoms with Crippen molar-refractivity contribution in [2.24, 2.45) is 0 Å². The van der Waals surface area contributed by atoms with E-state index in [4.69, 9.17) is 9.47 Å². The summed E-state index contributed by atoms with van der Waals surface area (Å²) in [7, 11) is 0. The van der Waals surface area contributed by atoms with Crippen molar-refractivity contribution >= 4 is 16.9 Å². The maximum absolute atomic E-state index is 13.6. The molecule has 9 heteroatoms. The minimum absolute atomic E-state index is 0.0655. The van der Waals surface area contributed by atoms with Gasteiger partial charge in [0.25, 0.3) is 5.91 Å². The molecule has 1 amide bonds. The number of carbonyl (C=O) groups excluding carboxylic acids is 1. The van der Waals surface area contributed by atoms with Gasteiger partial charge >= 0.3 is 6.18 Å². The number of hydrogen-bond acceptors (Lipinski definition) is 5. The molecule has 0 atom stereocenters. The number of carbonyl (C=O) groups is 1. The number of nitrogens with zero attached hydrogens (tertiary/aromatic N) is 2. The molecule has 1 aliphatic rings.